The van der Waals surface area contributed by atoms with E-state index >= 15 is 0 Å². The fraction of sp³-hybridized carbons (Fsp3) is 0.611. The van der Waals surface area contributed by atoms with E-state index in [4.69, 9.17) is 5.73 Å². The molecule has 2 fully saturated rings. The van der Waals surface area contributed by atoms with E-state index in [1.807, 2.05) is 35.2 Å². The van der Waals surface area contributed by atoms with Gasteiger partial charge in [-0.3, -0.25) is 4.79 Å². The van der Waals surface area contributed by atoms with Gasteiger partial charge >= 0.3 is 0 Å². The van der Waals surface area contributed by atoms with Crippen molar-refractivity contribution in [3.8, 4) is 0 Å². The van der Waals surface area contributed by atoms with Crippen LogP contribution < -0.4 is 5.73 Å². The van der Waals surface area contributed by atoms with Crippen LogP contribution in [0.1, 0.15) is 50.2 Å². The molecular formula is C18H26N2O2. The number of rotatable bonds is 4. The second kappa shape index (κ2) is 6.80. The van der Waals surface area contributed by atoms with Crippen molar-refractivity contribution in [3.63, 3.8) is 0 Å². The maximum absolute atomic E-state index is 12.7. The average molecular weight is 302 g/mol. The molecule has 1 heterocycles. The van der Waals surface area contributed by atoms with Gasteiger partial charge in [0.05, 0.1) is 6.10 Å². The number of aliphatic hydroxyl groups is 1. The normalized spacial score (nSPS) is 29.7. The number of nitrogens with two attached hydrogens (primary N) is 1. The summed E-state index contributed by atoms with van der Waals surface area (Å²) in [6.07, 6.45) is 4.88. The number of benzene rings is 1. The molecule has 1 aromatic carbocycles. The van der Waals surface area contributed by atoms with Gasteiger partial charge in [-0.25, -0.2) is 0 Å². The van der Waals surface area contributed by atoms with Crippen LogP contribution in [-0.2, 0) is 4.79 Å². The van der Waals surface area contributed by atoms with Crippen molar-refractivity contribution < 1.29 is 9.90 Å². The van der Waals surface area contributed by atoms with Crippen LogP contribution in [-0.4, -0.2) is 34.5 Å². The van der Waals surface area contributed by atoms with Gasteiger partial charge in [0, 0.05) is 24.5 Å². The Hall–Kier alpha value is -1.39. The first kappa shape index (κ1) is 15.5. The highest BCUT2D eigenvalue weighted by molar-refractivity contribution is 5.79. The highest BCUT2D eigenvalue weighted by Gasteiger charge is 2.36. The zero-order valence-corrected chi connectivity index (χ0v) is 13.0. The van der Waals surface area contributed by atoms with Crippen LogP contribution >= 0.6 is 0 Å². The Morgan fingerprint density at radius 3 is 2.73 bits per heavy atom. The number of carbonyl (C=O) groups excluding carboxylic acids is 1. The van der Waals surface area contributed by atoms with E-state index < -0.39 is 6.10 Å². The third-order valence-corrected chi connectivity index (χ3v) is 5.16. The van der Waals surface area contributed by atoms with Crippen LogP contribution in [0.5, 0.6) is 0 Å². The Kier molecular flexibility index (Phi) is 4.79. The van der Waals surface area contributed by atoms with Crippen LogP contribution in [0, 0.1) is 5.92 Å². The van der Waals surface area contributed by atoms with E-state index in [0.717, 1.165) is 44.2 Å². The van der Waals surface area contributed by atoms with Crippen molar-refractivity contribution in [2.75, 3.05) is 6.54 Å². The summed E-state index contributed by atoms with van der Waals surface area (Å²) in [5.74, 6) is 0.361. The fourth-order valence-corrected chi connectivity index (χ4v) is 3.92. The van der Waals surface area contributed by atoms with Crippen molar-refractivity contribution >= 4 is 5.91 Å². The number of hydrogen-bond donors (Lipinski definition) is 2. The molecule has 0 bridgehead atoms. The fourth-order valence-electron chi connectivity index (χ4n) is 3.92. The number of carbonyl (C=O) groups is 1. The van der Waals surface area contributed by atoms with Gasteiger partial charge in [0.2, 0.25) is 5.91 Å². The standard InChI is InChI=1S/C18H26N2O2/c19-15-9-8-14(11-15)18(22)20-10-4-7-16(20)12-17(21)13-5-2-1-3-6-13/h1-3,5-6,14-17,21H,4,7-12,19H2. The van der Waals surface area contributed by atoms with E-state index in [1.54, 1.807) is 0 Å². The van der Waals surface area contributed by atoms with Gasteiger partial charge in [0.15, 0.2) is 0 Å². The van der Waals surface area contributed by atoms with Gasteiger partial charge < -0.3 is 15.7 Å². The third kappa shape index (κ3) is 3.33. The number of nitrogens with zero attached hydrogens (tertiary/aromatic N) is 1. The largest absolute Gasteiger partial charge is 0.388 e. The second-order valence-electron chi connectivity index (χ2n) is 6.76. The Bertz CT molecular complexity index is 505. The Labute approximate surface area is 132 Å². The zero-order valence-electron chi connectivity index (χ0n) is 13.0. The lowest BCUT2D eigenvalue weighted by atomic mass is 9.99. The van der Waals surface area contributed by atoms with E-state index in [1.165, 1.54) is 0 Å². The molecule has 3 N–H and O–H groups in total. The highest BCUT2D eigenvalue weighted by atomic mass is 16.3. The molecule has 0 aromatic heterocycles. The molecule has 4 unspecified atom stereocenters. The van der Waals surface area contributed by atoms with E-state index in [2.05, 4.69) is 0 Å². The molecule has 1 saturated carbocycles. The maximum atomic E-state index is 12.7. The van der Waals surface area contributed by atoms with Gasteiger partial charge in [-0.05, 0) is 44.1 Å². The smallest absolute Gasteiger partial charge is 0.225 e. The van der Waals surface area contributed by atoms with Gasteiger partial charge in [0.1, 0.15) is 0 Å². The number of aliphatic hydroxyl groups excluding tert-OH is 1. The van der Waals surface area contributed by atoms with Crippen molar-refractivity contribution in [1.29, 1.82) is 0 Å². The average Bonchev–Trinajstić information content (AvgIpc) is 3.16. The lowest BCUT2D eigenvalue weighted by Gasteiger charge is -2.29. The first-order chi connectivity index (χ1) is 10.6. The maximum Gasteiger partial charge on any atom is 0.225 e. The Balaban J connectivity index is 1.62. The van der Waals surface area contributed by atoms with Gasteiger partial charge in [-0.2, -0.15) is 0 Å². The molecule has 2 aliphatic rings. The second-order valence-corrected chi connectivity index (χ2v) is 6.76. The molecular weight excluding hydrogens is 276 g/mol. The summed E-state index contributed by atoms with van der Waals surface area (Å²) in [5.41, 5.74) is 6.88. The summed E-state index contributed by atoms with van der Waals surface area (Å²) in [5, 5.41) is 10.4. The number of hydrogen-bond acceptors (Lipinski definition) is 3. The molecule has 1 saturated heterocycles. The van der Waals surface area contributed by atoms with Crippen molar-refractivity contribution in [3.05, 3.63) is 35.9 Å². The summed E-state index contributed by atoms with van der Waals surface area (Å²) in [6, 6.07) is 10.1. The molecule has 4 nitrogen and oxygen atoms in total. The van der Waals surface area contributed by atoms with E-state index in [-0.39, 0.29) is 23.9 Å². The van der Waals surface area contributed by atoms with Crippen molar-refractivity contribution in [2.24, 2.45) is 11.7 Å². The minimum atomic E-state index is -0.495. The van der Waals surface area contributed by atoms with E-state index in [0.29, 0.717) is 6.42 Å². The minimum Gasteiger partial charge on any atom is -0.388 e. The predicted molar refractivity (Wildman–Crippen MR) is 86.1 cm³/mol. The molecule has 1 aliphatic carbocycles. The molecule has 1 aromatic rings. The van der Waals surface area contributed by atoms with Crippen molar-refractivity contribution in [1.82, 2.24) is 4.90 Å². The Morgan fingerprint density at radius 2 is 2.05 bits per heavy atom. The number of likely N-dealkylation sites (tertiary alicyclic amines) is 1. The van der Waals surface area contributed by atoms with Gasteiger partial charge in [-0.1, -0.05) is 30.3 Å². The monoisotopic (exact) mass is 302 g/mol. The van der Waals surface area contributed by atoms with Gasteiger partial charge in [-0.15, -0.1) is 0 Å². The van der Waals surface area contributed by atoms with Crippen LogP contribution in [0.4, 0.5) is 0 Å². The molecule has 4 atom stereocenters. The minimum absolute atomic E-state index is 0.101. The Morgan fingerprint density at radius 1 is 1.27 bits per heavy atom. The summed E-state index contributed by atoms with van der Waals surface area (Å²) in [7, 11) is 0. The molecule has 0 radical (unpaired) electrons. The molecule has 1 aliphatic heterocycles. The highest BCUT2D eigenvalue weighted by Crippen LogP contribution is 2.32. The third-order valence-electron chi connectivity index (χ3n) is 5.16. The lowest BCUT2D eigenvalue weighted by Crippen LogP contribution is -2.40. The van der Waals surface area contributed by atoms with Crippen molar-refractivity contribution in [2.45, 2.75) is 56.7 Å². The summed E-state index contributed by atoms with van der Waals surface area (Å²) in [6.45, 7) is 0.830. The van der Waals surface area contributed by atoms with E-state index in [9.17, 15) is 9.90 Å². The molecule has 22 heavy (non-hydrogen) atoms. The summed E-state index contributed by atoms with van der Waals surface area (Å²) >= 11 is 0. The molecule has 120 valence electrons. The molecule has 0 spiro atoms. The lowest BCUT2D eigenvalue weighted by molar-refractivity contribution is -0.136. The van der Waals surface area contributed by atoms with Crippen LogP contribution in [0.2, 0.25) is 0 Å². The summed E-state index contributed by atoms with van der Waals surface area (Å²) in [4.78, 5) is 14.7. The van der Waals surface area contributed by atoms with Gasteiger partial charge in [0.25, 0.3) is 0 Å². The first-order valence-corrected chi connectivity index (χ1v) is 8.44. The zero-order chi connectivity index (χ0) is 15.5. The molecule has 4 heteroatoms. The van der Waals surface area contributed by atoms with Crippen LogP contribution in [0.25, 0.3) is 0 Å². The number of amides is 1. The van der Waals surface area contributed by atoms with Crippen LogP contribution in [0.15, 0.2) is 30.3 Å². The van der Waals surface area contributed by atoms with Crippen LogP contribution in [0.3, 0.4) is 0 Å². The first-order valence-electron chi connectivity index (χ1n) is 8.44. The topological polar surface area (TPSA) is 66.6 Å². The SMILES string of the molecule is NC1CCC(C(=O)N2CCCC2CC(O)c2ccccc2)C1. The molecule has 3 rings (SSSR count). The summed E-state index contributed by atoms with van der Waals surface area (Å²) < 4.78 is 0. The quantitative estimate of drug-likeness (QED) is 0.896. The molecule has 1 amide bonds. The predicted octanol–water partition coefficient (Wildman–Crippen LogP) is 2.23.